The Hall–Kier alpha value is -1.78. The van der Waals surface area contributed by atoms with E-state index in [0.717, 1.165) is 24.8 Å². The van der Waals surface area contributed by atoms with Crippen LogP contribution in [0, 0.1) is 0 Å². The lowest BCUT2D eigenvalue weighted by Crippen LogP contribution is -2.34. The predicted octanol–water partition coefficient (Wildman–Crippen LogP) is 3.99. The molecule has 0 aromatic heterocycles. The van der Waals surface area contributed by atoms with Gasteiger partial charge in [-0.3, -0.25) is 4.79 Å². The predicted molar refractivity (Wildman–Crippen MR) is 104 cm³/mol. The molecule has 2 aromatic carbocycles. The van der Waals surface area contributed by atoms with E-state index in [4.69, 9.17) is 0 Å². The molecule has 3 rings (SSSR count). The molecule has 0 saturated carbocycles. The number of hydrogen-bond acceptors (Lipinski definition) is 3. The first-order valence-electron chi connectivity index (χ1n) is 8.81. The molecule has 2 atom stereocenters. The van der Waals surface area contributed by atoms with Gasteiger partial charge in [-0.15, -0.1) is 11.8 Å². The Kier molecular flexibility index (Phi) is 6.16. The molecule has 3 nitrogen and oxygen atoms in total. The third-order valence-corrected chi connectivity index (χ3v) is 5.89. The van der Waals surface area contributed by atoms with E-state index >= 15 is 0 Å². The quantitative estimate of drug-likeness (QED) is 0.852. The van der Waals surface area contributed by atoms with E-state index in [-0.39, 0.29) is 11.9 Å². The summed E-state index contributed by atoms with van der Waals surface area (Å²) in [5, 5.41) is 10.2. The molecule has 0 bridgehead atoms. The van der Waals surface area contributed by atoms with Gasteiger partial charge in [-0.1, -0.05) is 54.6 Å². The summed E-state index contributed by atoms with van der Waals surface area (Å²) in [6, 6.07) is 18.2. The van der Waals surface area contributed by atoms with E-state index in [0.29, 0.717) is 11.5 Å². The number of carbonyl (C=O) groups excluding carboxylic acids is 1. The Balaban J connectivity index is 1.53. The number of benzene rings is 2. The van der Waals surface area contributed by atoms with Crippen molar-refractivity contribution in [3.63, 3.8) is 0 Å². The summed E-state index contributed by atoms with van der Waals surface area (Å²) in [6.07, 6.45) is 2.72. The van der Waals surface area contributed by atoms with E-state index in [9.17, 15) is 9.90 Å². The minimum absolute atomic E-state index is 0.131. The number of fused-ring (bicyclic) bond motifs is 1. The summed E-state index contributed by atoms with van der Waals surface area (Å²) in [6.45, 7) is 0. The third-order valence-electron chi connectivity index (χ3n) is 4.88. The zero-order chi connectivity index (χ0) is 17.6. The average molecular weight is 356 g/mol. The van der Waals surface area contributed by atoms with E-state index in [2.05, 4.69) is 24.3 Å². The Labute approximate surface area is 154 Å². The molecule has 0 spiro atoms. The normalized spacial score (nSPS) is 17.6. The minimum atomic E-state index is -0.528. The highest BCUT2D eigenvalue weighted by Crippen LogP contribution is 2.33. The highest BCUT2D eigenvalue weighted by atomic mass is 32.2. The minimum Gasteiger partial charge on any atom is -0.388 e. The van der Waals surface area contributed by atoms with Crippen LogP contribution in [0.2, 0.25) is 0 Å². The van der Waals surface area contributed by atoms with Crippen LogP contribution in [0.25, 0.3) is 0 Å². The van der Waals surface area contributed by atoms with Crippen molar-refractivity contribution in [2.75, 3.05) is 18.6 Å². The standard InChI is InChI=1S/C21H25NO2S/c1-22(19-13-7-11-16-8-5-6-12-18(16)19)21(24)15-25-14-20(23)17-9-3-2-4-10-17/h2-6,8-10,12,19-20,23H,7,11,13-15H2,1H3. The largest absolute Gasteiger partial charge is 0.388 e. The number of aliphatic hydroxyl groups excluding tert-OH is 1. The van der Waals surface area contributed by atoms with Crippen LogP contribution in [0.4, 0.5) is 0 Å². The molecule has 1 aliphatic rings. The lowest BCUT2D eigenvalue weighted by Gasteiger charge is -2.33. The number of rotatable bonds is 6. The van der Waals surface area contributed by atoms with Gasteiger partial charge in [0.2, 0.25) is 5.91 Å². The van der Waals surface area contributed by atoms with E-state index in [1.54, 1.807) is 0 Å². The summed E-state index contributed by atoms with van der Waals surface area (Å²) in [7, 11) is 1.91. The second kappa shape index (κ2) is 8.54. The maximum absolute atomic E-state index is 12.6. The van der Waals surface area contributed by atoms with E-state index < -0.39 is 6.10 Å². The monoisotopic (exact) mass is 355 g/mol. The Morgan fingerprint density at radius 3 is 2.72 bits per heavy atom. The van der Waals surface area contributed by atoms with Crippen molar-refractivity contribution < 1.29 is 9.90 Å². The zero-order valence-corrected chi connectivity index (χ0v) is 15.4. The molecule has 0 radical (unpaired) electrons. The van der Waals surface area contributed by atoms with Crippen molar-refractivity contribution in [1.29, 1.82) is 0 Å². The summed E-state index contributed by atoms with van der Waals surface area (Å²) < 4.78 is 0. The summed E-state index contributed by atoms with van der Waals surface area (Å²) in [5.41, 5.74) is 3.56. The van der Waals surface area contributed by atoms with Gasteiger partial charge in [0.05, 0.1) is 17.9 Å². The fraction of sp³-hybridized carbons (Fsp3) is 0.381. The van der Waals surface area contributed by atoms with Crippen LogP contribution in [0.15, 0.2) is 54.6 Å². The lowest BCUT2D eigenvalue weighted by atomic mass is 9.87. The topological polar surface area (TPSA) is 40.5 Å². The van der Waals surface area contributed by atoms with Gasteiger partial charge in [-0.05, 0) is 36.0 Å². The van der Waals surface area contributed by atoms with Crippen molar-refractivity contribution in [2.45, 2.75) is 31.4 Å². The molecule has 0 aliphatic heterocycles. The third kappa shape index (κ3) is 4.44. The van der Waals surface area contributed by atoms with Gasteiger partial charge < -0.3 is 10.0 Å². The first kappa shape index (κ1) is 18.0. The summed E-state index contributed by atoms with van der Waals surface area (Å²) in [5.74, 6) is 1.07. The van der Waals surface area contributed by atoms with Gasteiger partial charge in [0.25, 0.3) is 0 Å². The van der Waals surface area contributed by atoms with E-state index in [1.165, 1.54) is 22.9 Å². The van der Waals surface area contributed by atoms with Gasteiger partial charge in [-0.25, -0.2) is 0 Å². The van der Waals surface area contributed by atoms with Gasteiger partial charge in [0.1, 0.15) is 0 Å². The molecule has 0 saturated heterocycles. The Morgan fingerprint density at radius 2 is 1.92 bits per heavy atom. The summed E-state index contributed by atoms with van der Waals surface area (Å²) >= 11 is 1.50. The molecular weight excluding hydrogens is 330 g/mol. The molecule has 1 amide bonds. The number of aliphatic hydroxyl groups is 1. The number of nitrogens with zero attached hydrogens (tertiary/aromatic N) is 1. The SMILES string of the molecule is CN(C(=O)CSCC(O)c1ccccc1)C1CCCc2ccccc21. The zero-order valence-electron chi connectivity index (χ0n) is 14.6. The van der Waals surface area contributed by atoms with Crippen molar-refractivity contribution in [3.8, 4) is 0 Å². The first-order valence-corrected chi connectivity index (χ1v) is 9.96. The lowest BCUT2D eigenvalue weighted by molar-refractivity contribution is -0.129. The molecule has 4 heteroatoms. The molecular formula is C21H25NO2S. The number of hydrogen-bond donors (Lipinski definition) is 1. The second-order valence-electron chi connectivity index (χ2n) is 6.55. The summed E-state index contributed by atoms with van der Waals surface area (Å²) in [4.78, 5) is 14.5. The van der Waals surface area contributed by atoms with Crippen LogP contribution in [0.1, 0.15) is 41.7 Å². The van der Waals surface area contributed by atoms with Crippen molar-refractivity contribution in [3.05, 3.63) is 71.3 Å². The molecule has 2 aromatic rings. The van der Waals surface area contributed by atoms with E-state index in [1.807, 2.05) is 42.3 Å². The average Bonchev–Trinajstić information content (AvgIpc) is 2.67. The van der Waals surface area contributed by atoms with Crippen LogP contribution in [-0.2, 0) is 11.2 Å². The van der Waals surface area contributed by atoms with Gasteiger partial charge in [0, 0.05) is 12.8 Å². The van der Waals surface area contributed by atoms with Gasteiger partial charge in [-0.2, -0.15) is 0 Å². The first-order chi connectivity index (χ1) is 12.2. The maximum atomic E-state index is 12.6. The maximum Gasteiger partial charge on any atom is 0.232 e. The molecule has 0 heterocycles. The van der Waals surface area contributed by atoms with Crippen LogP contribution in [-0.4, -0.2) is 34.5 Å². The van der Waals surface area contributed by atoms with Crippen LogP contribution in [0.3, 0.4) is 0 Å². The molecule has 25 heavy (non-hydrogen) atoms. The van der Waals surface area contributed by atoms with Gasteiger partial charge >= 0.3 is 0 Å². The second-order valence-corrected chi connectivity index (χ2v) is 7.58. The fourth-order valence-electron chi connectivity index (χ4n) is 3.44. The van der Waals surface area contributed by atoms with Gasteiger partial charge in [0.15, 0.2) is 0 Å². The van der Waals surface area contributed by atoms with Crippen LogP contribution in [0.5, 0.6) is 0 Å². The number of amides is 1. The number of thioether (sulfide) groups is 1. The smallest absolute Gasteiger partial charge is 0.232 e. The van der Waals surface area contributed by atoms with Crippen molar-refractivity contribution >= 4 is 17.7 Å². The molecule has 0 fully saturated rings. The number of aryl methyl sites for hydroxylation is 1. The van der Waals surface area contributed by atoms with Crippen LogP contribution < -0.4 is 0 Å². The van der Waals surface area contributed by atoms with Crippen molar-refractivity contribution in [2.24, 2.45) is 0 Å². The fourth-order valence-corrected chi connectivity index (χ4v) is 4.35. The highest BCUT2D eigenvalue weighted by molar-refractivity contribution is 7.99. The Bertz CT molecular complexity index is 704. The van der Waals surface area contributed by atoms with Crippen molar-refractivity contribution in [1.82, 2.24) is 4.90 Å². The molecule has 1 aliphatic carbocycles. The molecule has 132 valence electrons. The number of carbonyl (C=O) groups is 1. The van der Waals surface area contributed by atoms with Crippen LogP contribution >= 0.6 is 11.8 Å². The highest BCUT2D eigenvalue weighted by Gasteiger charge is 2.26. The Morgan fingerprint density at radius 1 is 1.20 bits per heavy atom. The molecule has 2 unspecified atom stereocenters. The molecule has 1 N–H and O–H groups in total.